The van der Waals surface area contributed by atoms with E-state index < -0.39 is 5.76 Å². The fourth-order valence-corrected chi connectivity index (χ4v) is 3.73. The van der Waals surface area contributed by atoms with Gasteiger partial charge in [-0.05, 0) is 43.7 Å². The van der Waals surface area contributed by atoms with Gasteiger partial charge in [0.25, 0.3) is 0 Å². The fraction of sp³-hybridized carbons (Fsp3) is 0.400. The number of nitrogens with zero attached hydrogens (tertiary/aromatic N) is 4. The maximum atomic E-state index is 12.2. The summed E-state index contributed by atoms with van der Waals surface area (Å²) in [4.78, 5) is 34.6. The smallest absolute Gasteiger partial charge is 0.407 e. The minimum absolute atomic E-state index is 0.151. The summed E-state index contributed by atoms with van der Waals surface area (Å²) >= 11 is 0. The molecule has 1 fully saturated rings. The standard InChI is InChI=1S/C20H22N4O3/c1-14(25)23-9-4-5-15(8-10-23)11-16-12-22-19(13-21-16)24-17-6-2-3-7-18(17)27-20(24)26/h2-3,6-7,12-13,15H,4-5,8-11H2,1H3. The Labute approximate surface area is 156 Å². The molecule has 1 amide bonds. The molecule has 0 radical (unpaired) electrons. The van der Waals surface area contributed by atoms with Gasteiger partial charge in [-0.3, -0.25) is 9.78 Å². The van der Waals surface area contributed by atoms with Crippen LogP contribution >= 0.6 is 0 Å². The lowest BCUT2D eigenvalue weighted by Crippen LogP contribution is -2.29. The van der Waals surface area contributed by atoms with Gasteiger partial charge in [-0.15, -0.1) is 0 Å². The number of amides is 1. The average Bonchev–Trinajstić information content (AvgIpc) is 2.83. The van der Waals surface area contributed by atoms with Crippen molar-refractivity contribution in [3.8, 4) is 5.82 Å². The first-order chi connectivity index (χ1) is 13.1. The summed E-state index contributed by atoms with van der Waals surface area (Å²) in [7, 11) is 0. The average molecular weight is 366 g/mol. The Balaban J connectivity index is 1.50. The third-order valence-corrected chi connectivity index (χ3v) is 5.20. The van der Waals surface area contributed by atoms with Crippen LogP contribution in [0.2, 0.25) is 0 Å². The number of fused-ring (bicyclic) bond motifs is 1. The summed E-state index contributed by atoms with van der Waals surface area (Å²) in [6, 6.07) is 7.25. The molecule has 27 heavy (non-hydrogen) atoms. The summed E-state index contributed by atoms with van der Waals surface area (Å²) in [5.74, 6) is 0.633. The largest absolute Gasteiger partial charge is 0.425 e. The van der Waals surface area contributed by atoms with Crippen molar-refractivity contribution in [2.24, 2.45) is 5.92 Å². The molecule has 0 spiro atoms. The van der Waals surface area contributed by atoms with E-state index in [0.29, 0.717) is 22.8 Å². The third-order valence-electron chi connectivity index (χ3n) is 5.20. The molecule has 3 heterocycles. The molecule has 1 aliphatic rings. The Bertz CT molecular complexity index is 1010. The minimum Gasteiger partial charge on any atom is -0.407 e. The zero-order valence-electron chi connectivity index (χ0n) is 15.3. The lowest BCUT2D eigenvalue weighted by Gasteiger charge is -2.18. The maximum Gasteiger partial charge on any atom is 0.425 e. The van der Waals surface area contributed by atoms with Crippen LogP contribution in [-0.4, -0.2) is 38.4 Å². The van der Waals surface area contributed by atoms with E-state index in [0.717, 1.165) is 44.5 Å². The maximum absolute atomic E-state index is 12.2. The molecule has 0 N–H and O–H groups in total. The molecule has 0 aliphatic carbocycles. The Morgan fingerprint density at radius 1 is 1.19 bits per heavy atom. The van der Waals surface area contributed by atoms with E-state index in [1.807, 2.05) is 23.1 Å². The first-order valence-electron chi connectivity index (χ1n) is 9.29. The molecule has 2 aromatic heterocycles. The highest BCUT2D eigenvalue weighted by Gasteiger charge is 2.19. The summed E-state index contributed by atoms with van der Waals surface area (Å²) in [5.41, 5.74) is 2.11. The fourth-order valence-electron chi connectivity index (χ4n) is 3.73. The lowest BCUT2D eigenvalue weighted by molar-refractivity contribution is -0.128. The third kappa shape index (κ3) is 3.63. The highest BCUT2D eigenvalue weighted by Crippen LogP contribution is 2.21. The van der Waals surface area contributed by atoms with Crippen molar-refractivity contribution in [3.05, 3.63) is 52.9 Å². The quantitative estimate of drug-likeness (QED) is 0.712. The van der Waals surface area contributed by atoms with Crippen molar-refractivity contribution >= 4 is 17.0 Å². The molecule has 1 aromatic carbocycles. The van der Waals surface area contributed by atoms with E-state index >= 15 is 0 Å². The van der Waals surface area contributed by atoms with E-state index in [1.165, 1.54) is 4.57 Å². The van der Waals surface area contributed by atoms with Gasteiger partial charge in [0.2, 0.25) is 5.91 Å². The number of para-hydroxylation sites is 2. The Hall–Kier alpha value is -2.96. The second-order valence-electron chi connectivity index (χ2n) is 7.04. The summed E-state index contributed by atoms with van der Waals surface area (Å²) < 4.78 is 6.69. The molecule has 3 aromatic rings. The van der Waals surface area contributed by atoms with Gasteiger partial charge in [0.05, 0.1) is 23.6 Å². The lowest BCUT2D eigenvalue weighted by atomic mass is 9.95. The summed E-state index contributed by atoms with van der Waals surface area (Å²) in [6.07, 6.45) is 7.27. The molecule has 1 aliphatic heterocycles. The van der Waals surface area contributed by atoms with Crippen LogP contribution in [0.3, 0.4) is 0 Å². The first-order valence-corrected chi connectivity index (χ1v) is 9.29. The van der Waals surface area contributed by atoms with E-state index in [4.69, 9.17) is 4.42 Å². The van der Waals surface area contributed by atoms with E-state index in [1.54, 1.807) is 25.4 Å². The van der Waals surface area contributed by atoms with Crippen LogP contribution in [0.5, 0.6) is 0 Å². The zero-order valence-corrected chi connectivity index (χ0v) is 15.3. The molecule has 7 heteroatoms. The van der Waals surface area contributed by atoms with E-state index in [9.17, 15) is 9.59 Å². The van der Waals surface area contributed by atoms with E-state index in [2.05, 4.69) is 9.97 Å². The first kappa shape index (κ1) is 17.5. The van der Waals surface area contributed by atoms with Crippen molar-refractivity contribution < 1.29 is 9.21 Å². The van der Waals surface area contributed by atoms with Gasteiger partial charge >= 0.3 is 5.76 Å². The van der Waals surface area contributed by atoms with Gasteiger partial charge in [-0.2, -0.15) is 0 Å². The van der Waals surface area contributed by atoms with Crippen LogP contribution in [0.1, 0.15) is 31.9 Å². The van der Waals surface area contributed by atoms with Gasteiger partial charge < -0.3 is 9.32 Å². The second-order valence-corrected chi connectivity index (χ2v) is 7.04. The monoisotopic (exact) mass is 366 g/mol. The van der Waals surface area contributed by atoms with Crippen LogP contribution in [0.25, 0.3) is 16.9 Å². The van der Waals surface area contributed by atoms with E-state index in [-0.39, 0.29) is 5.91 Å². The molecule has 0 saturated carbocycles. The van der Waals surface area contributed by atoms with Crippen molar-refractivity contribution in [3.63, 3.8) is 0 Å². The van der Waals surface area contributed by atoms with Crippen molar-refractivity contribution in [1.29, 1.82) is 0 Å². The zero-order chi connectivity index (χ0) is 18.8. The number of hydrogen-bond donors (Lipinski definition) is 0. The normalized spacial score (nSPS) is 17.8. The SMILES string of the molecule is CC(=O)N1CCCC(Cc2cnc(-n3c(=O)oc4ccccc43)cn2)CC1. The van der Waals surface area contributed by atoms with Gasteiger partial charge in [0.1, 0.15) is 0 Å². The van der Waals surface area contributed by atoms with Crippen LogP contribution in [0.4, 0.5) is 0 Å². The highest BCUT2D eigenvalue weighted by molar-refractivity contribution is 5.74. The van der Waals surface area contributed by atoms with Crippen LogP contribution in [-0.2, 0) is 11.2 Å². The topological polar surface area (TPSA) is 81.2 Å². The number of carbonyl (C=O) groups is 1. The van der Waals surface area contributed by atoms with Crippen molar-refractivity contribution in [2.75, 3.05) is 13.1 Å². The number of likely N-dealkylation sites (tertiary alicyclic amines) is 1. The van der Waals surface area contributed by atoms with Gasteiger partial charge in [-0.25, -0.2) is 14.3 Å². The molecule has 1 unspecified atom stereocenters. The van der Waals surface area contributed by atoms with Gasteiger partial charge in [0.15, 0.2) is 11.4 Å². The van der Waals surface area contributed by atoms with Crippen molar-refractivity contribution in [2.45, 2.75) is 32.6 Å². The molecule has 4 rings (SSSR count). The van der Waals surface area contributed by atoms with Crippen LogP contribution in [0, 0.1) is 5.92 Å². The predicted molar refractivity (Wildman–Crippen MR) is 101 cm³/mol. The Morgan fingerprint density at radius 2 is 2.04 bits per heavy atom. The van der Waals surface area contributed by atoms with Gasteiger partial charge in [0, 0.05) is 20.0 Å². The Morgan fingerprint density at radius 3 is 2.81 bits per heavy atom. The molecule has 1 saturated heterocycles. The number of carbonyl (C=O) groups excluding carboxylic acids is 1. The predicted octanol–water partition coefficient (Wildman–Crippen LogP) is 2.56. The molecule has 140 valence electrons. The molecule has 0 bridgehead atoms. The number of rotatable bonds is 3. The van der Waals surface area contributed by atoms with Gasteiger partial charge in [-0.1, -0.05) is 12.1 Å². The number of hydrogen-bond acceptors (Lipinski definition) is 5. The second kappa shape index (κ2) is 7.34. The Kier molecular flexibility index (Phi) is 4.75. The number of oxazole rings is 1. The van der Waals surface area contributed by atoms with Crippen LogP contribution in [0.15, 0.2) is 45.9 Å². The van der Waals surface area contributed by atoms with Crippen molar-refractivity contribution in [1.82, 2.24) is 19.4 Å². The highest BCUT2D eigenvalue weighted by atomic mass is 16.4. The number of benzene rings is 1. The molecular weight excluding hydrogens is 344 g/mol. The summed E-state index contributed by atoms with van der Waals surface area (Å²) in [5, 5.41) is 0. The molecule has 1 atom stereocenters. The summed E-state index contributed by atoms with van der Waals surface area (Å²) in [6.45, 7) is 3.28. The van der Waals surface area contributed by atoms with Crippen LogP contribution < -0.4 is 5.76 Å². The number of aromatic nitrogens is 3. The molecular formula is C20H22N4O3. The molecule has 7 nitrogen and oxygen atoms in total. The minimum atomic E-state index is -0.466.